The maximum absolute atomic E-state index is 12.1. The summed E-state index contributed by atoms with van der Waals surface area (Å²) < 4.78 is 5.57. The molecule has 3 nitrogen and oxygen atoms in total. The summed E-state index contributed by atoms with van der Waals surface area (Å²) in [5, 5.41) is 3.20. The molecular formula is C15H25NO2. The van der Waals surface area contributed by atoms with Crippen LogP contribution >= 0.6 is 0 Å². The molecule has 0 heterocycles. The van der Waals surface area contributed by atoms with E-state index in [1.54, 1.807) is 0 Å². The zero-order chi connectivity index (χ0) is 12.6. The summed E-state index contributed by atoms with van der Waals surface area (Å²) in [6.45, 7) is 4.47. The molecule has 0 aromatic rings. The molecule has 3 rings (SSSR count). The molecule has 1 amide bonds. The lowest BCUT2D eigenvalue weighted by atomic mass is 9.69. The highest BCUT2D eigenvalue weighted by Gasteiger charge is 2.60. The average molecular weight is 251 g/mol. The monoisotopic (exact) mass is 251 g/mol. The third-order valence-electron chi connectivity index (χ3n) is 5.52. The topological polar surface area (TPSA) is 38.3 Å². The summed E-state index contributed by atoms with van der Waals surface area (Å²) in [6.07, 6.45) is 8.77. The Morgan fingerprint density at radius 2 is 2.00 bits per heavy atom. The fraction of sp³-hybridized carbons (Fsp3) is 0.933. The van der Waals surface area contributed by atoms with Gasteiger partial charge in [0.05, 0.1) is 6.61 Å². The van der Waals surface area contributed by atoms with Gasteiger partial charge in [-0.15, -0.1) is 0 Å². The van der Waals surface area contributed by atoms with E-state index in [0.717, 1.165) is 26.2 Å². The Morgan fingerprint density at radius 1 is 1.28 bits per heavy atom. The van der Waals surface area contributed by atoms with Crippen LogP contribution in [0.2, 0.25) is 0 Å². The minimum atomic E-state index is 0.257. The largest absolute Gasteiger partial charge is 0.381 e. The minimum Gasteiger partial charge on any atom is -0.381 e. The lowest BCUT2D eigenvalue weighted by Crippen LogP contribution is -2.46. The molecule has 0 bridgehead atoms. The van der Waals surface area contributed by atoms with Gasteiger partial charge in [-0.2, -0.15) is 0 Å². The first-order valence-electron chi connectivity index (χ1n) is 7.55. The second-order valence-corrected chi connectivity index (χ2v) is 6.68. The SMILES string of the molecule is CCOCC1(CNC(=O)[C@@H]2CC23CCC3)CCC1. The first kappa shape index (κ1) is 12.5. The van der Waals surface area contributed by atoms with Crippen LogP contribution in [0.4, 0.5) is 0 Å². The molecule has 18 heavy (non-hydrogen) atoms. The third kappa shape index (κ3) is 2.07. The van der Waals surface area contributed by atoms with Gasteiger partial charge < -0.3 is 10.1 Å². The summed E-state index contributed by atoms with van der Waals surface area (Å²) in [6, 6.07) is 0. The Hall–Kier alpha value is -0.570. The molecule has 0 aromatic heterocycles. The quantitative estimate of drug-likeness (QED) is 0.787. The summed E-state index contributed by atoms with van der Waals surface area (Å²) in [4.78, 5) is 12.1. The Morgan fingerprint density at radius 3 is 2.44 bits per heavy atom. The van der Waals surface area contributed by atoms with E-state index in [9.17, 15) is 4.79 Å². The van der Waals surface area contributed by atoms with Crippen LogP contribution in [0, 0.1) is 16.7 Å². The maximum Gasteiger partial charge on any atom is 0.223 e. The standard InChI is InChI=1S/C15H25NO2/c1-2-18-11-14(5-3-6-14)10-16-13(17)12-9-15(12)7-4-8-15/h12H,2-11H2,1H3,(H,16,17)/t12-/m0/s1. The van der Waals surface area contributed by atoms with Crippen molar-refractivity contribution in [3.8, 4) is 0 Å². The highest BCUT2D eigenvalue weighted by molar-refractivity contribution is 5.82. The van der Waals surface area contributed by atoms with Crippen LogP contribution in [0.3, 0.4) is 0 Å². The van der Waals surface area contributed by atoms with Gasteiger partial charge in [0.25, 0.3) is 0 Å². The van der Waals surface area contributed by atoms with Crippen molar-refractivity contribution in [3.05, 3.63) is 0 Å². The van der Waals surface area contributed by atoms with Crippen molar-refractivity contribution in [2.75, 3.05) is 19.8 Å². The summed E-state index contributed by atoms with van der Waals surface area (Å²) in [5.41, 5.74) is 0.712. The van der Waals surface area contributed by atoms with Gasteiger partial charge in [0.2, 0.25) is 5.91 Å². The van der Waals surface area contributed by atoms with E-state index in [0.29, 0.717) is 17.2 Å². The second kappa shape index (κ2) is 4.52. The highest BCUT2D eigenvalue weighted by Crippen LogP contribution is 2.65. The van der Waals surface area contributed by atoms with Gasteiger partial charge in [0, 0.05) is 24.5 Å². The van der Waals surface area contributed by atoms with Crippen LogP contribution in [-0.4, -0.2) is 25.7 Å². The molecule has 1 atom stereocenters. The lowest BCUT2D eigenvalue weighted by Gasteiger charge is -2.41. The van der Waals surface area contributed by atoms with E-state index < -0.39 is 0 Å². The Balaban J connectivity index is 1.44. The van der Waals surface area contributed by atoms with Crippen LogP contribution in [0.5, 0.6) is 0 Å². The van der Waals surface area contributed by atoms with Gasteiger partial charge in [-0.1, -0.05) is 12.8 Å². The molecule has 3 aliphatic rings. The molecule has 102 valence electrons. The zero-order valence-corrected chi connectivity index (χ0v) is 11.5. The highest BCUT2D eigenvalue weighted by atomic mass is 16.5. The van der Waals surface area contributed by atoms with Gasteiger partial charge in [0.15, 0.2) is 0 Å². The predicted molar refractivity (Wildman–Crippen MR) is 70.2 cm³/mol. The first-order chi connectivity index (χ1) is 8.70. The van der Waals surface area contributed by atoms with Crippen molar-refractivity contribution in [1.29, 1.82) is 0 Å². The fourth-order valence-corrected chi connectivity index (χ4v) is 3.67. The minimum absolute atomic E-state index is 0.257. The molecular weight excluding hydrogens is 226 g/mol. The summed E-state index contributed by atoms with van der Waals surface area (Å²) in [5.74, 6) is 0.660. The molecule has 3 saturated carbocycles. The van der Waals surface area contributed by atoms with Crippen LogP contribution in [0.25, 0.3) is 0 Å². The predicted octanol–water partition coefficient (Wildman–Crippen LogP) is 2.50. The number of rotatable bonds is 6. The number of hydrogen-bond donors (Lipinski definition) is 1. The molecule has 0 radical (unpaired) electrons. The molecule has 0 unspecified atom stereocenters. The first-order valence-corrected chi connectivity index (χ1v) is 7.55. The van der Waals surface area contributed by atoms with Gasteiger partial charge in [-0.25, -0.2) is 0 Å². The normalized spacial score (nSPS) is 30.4. The third-order valence-corrected chi connectivity index (χ3v) is 5.52. The molecule has 3 aliphatic carbocycles. The Labute approximate surface area is 110 Å². The van der Waals surface area contributed by atoms with E-state index in [-0.39, 0.29) is 5.41 Å². The van der Waals surface area contributed by atoms with Crippen LogP contribution in [0.15, 0.2) is 0 Å². The summed E-state index contributed by atoms with van der Waals surface area (Å²) >= 11 is 0. The Kier molecular flexibility index (Phi) is 3.13. The van der Waals surface area contributed by atoms with E-state index in [1.807, 2.05) is 6.92 Å². The lowest BCUT2D eigenvalue weighted by molar-refractivity contribution is -0.125. The van der Waals surface area contributed by atoms with Crippen molar-refractivity contribution < 1.29 is 9.53 Å². The maximum atomic E-state index is 12.1. The van der Waals surface area contributed by atoms with Crippen molar-refractivity contribution in [2.24, 2.45) is 16.7 Å². The van der Waals surface area contributed by atoms with Crippen LogP contribution < -0.4 is 5.32 Å². The number of ether oxygens (including phenoxy) is 1. The van der Waals surface area contributed by atoms with Crippen molar-refractivity contribution in [3.63, 3.8) is 0 Å². The second-order valence-electron chi connectivity index (χ2n) is 6.68. The van der Waals surface area contributed by atoms with E-state index in [2.05, 4.69) is 5.32 Å². The van der Waals surface area contributed by atoms with Gasteiger partial charge in [-0.3, -0.25) is 4.79 Å². The average Bonchev–Trinajstić information content (AvgIpc) is 3.02. The molecule has 1 N–H and O–H groups in total. The molecule has 0 aliphatic heterocycles. The molecule has 1 spiro atoms. The van der Waals surface area contributed by atoms with Gasteiger partial charge in [-0.05, 0) is 44.4 Å². The summed E-state index contributed by atoms with van der Waals surface area (Å²) in [7, 11) is 0. The van der Waals surface area contributed by atoms with E-state index in [1.165, 1.54) is 38.5 Å². The van der Waals surface area contributed by atoms with Crippen LogP contribution in [-0.2, 0) is 9.53 Å². The molecule has 0 saturated heterocycles. The van der Waals surface area contributed by atoms with E-state index >= 15 is 0 Å². The zero-order valence-electron chi connectivity index (χ0n) is 11.5. The van der Waals surface area contributed by atoms with Crippen LogP contribution in [0.1, 0.15) is 51.9 Å². The number of nitrogens with one attached hydrogen (secondary N) is 1. The van der Waals surface area contributed by atoms with E-state index in [4.69, 9.17) is 4.74 Å². The van der Waals surface area contributed by atoms with Gasteiger partial charge in [0.1, 0.15) is 0 Å². The van der Waals surface area contributed by atoms with Crippen molar-refractivity contribution in [2.45, 2.75) is 51.9 Å². The number of amides is 1. The number of carbonyl (C=O) groups excluding carboxylic acids is 1. The number of carbonyl (C=O) groups is 1. The van der Waals surface area contributed by atoms with Gasteiger partial charge >= 0.3 is 0 Å². The fourth-order valence-electron chi connectivity index (χ4n) is 3.67. The smallest absolute Gasteiger partial charge is 0.223 e. The van der Waals surface area contributed by atoms with Crippen molar-refractivity contribution in [1.82, 2.24) is 5.32 Å². The molecule has 0 aromatic carbocycles. The molecule has 3 fully saturated rings. The van der Waals surface area contributed by atoms with Crippen molar-refractivity contribution >= 4 is 5.91 Å². The molecule has 3 heteroatoms. The Bertz CT molecular complexity index is 331. The number of hydrogen-bond acceptors (Lipinski definition) is 2.